The molecule has 0 unspecified atom stereocenters. The number of hydrogen-bond acceptors (Lipinski definition) is 3. The second kappa shape index (κ2) is 8.71. The summed E-state index contributed by atoms with van der Waals surface area (Å²) in [7, 11) is 1.64. The summed E-state index contributed by atoms with van der Waals surface area (Å²) in [6.07, 6.45) is 6.39. The van der Waals surface area contributed by atoms with Gasteiger partial charge in [0, 0.05) is 13.0 Å². The highest BCUT2D eigenvalue weighted by Gasteiger charge is 2.42. The first kappa shape index (κ1) is 18.3. The minimum absolute atomic E-state index is 0.100. The molecule has 5 nitrogen and oxygen atoms in total. The zero-order valence-electron chi connectivity index (χ0n) is 14.3. The lowest BCUT2D eigenvalue weighted by Gasteiger charge is -2.28. The molecule has 0 heterocycles. The van der Waals surface area contributed by atoms with Gasteiger partial charge in [-0.3, -0.25) is 9.59 Å². The van der Waals surface area contributed by atoms with Gasteiger partial charge in [0.2, 0.25) is 5.91 Å². The second-order valence-corrected chi connectivity index (χ2v) is 6.48. The maximum absolute atomic E-state index is 12.8. The number of ether oxygens (including phenoxy) is 1. The number of nitrogens with one attached hydrogen (secondary N) is 1. The van der Waals surface area contributed by atoms with Crippen molar-refractivity contribution in [2.75, 3.05) is 13.7 Å². The van der Waals surface area contributed by atoms with E-state index in [4.69, 9.17) is 9.84 Å². The molecule has 1 saturated carbocycles. The number of methoxy groups -OCH3 is 1. The predicted octanol–water partition coefficient (Wildman–Crippen LogP) is 3.27. The molecule has 1 aliphatic rings. The van der Waals surface area contributed by atoms with Gasteiger partial charge in [-0.2, -0.15) is 0 Å². The Balaban J connectivity index is 1.91. The van der Waals surface area contributed by atoms with Crippen molar-refractivity contribution in [1.29, 1.82) is 0 Å². The van der Waals surface area contributed by atoms with Gasteiger partial charge in [0.1, 0.15) is 5.75 Å². The lowest BCUT2D eigenvalue weighted by molar-refractivity contribution is -0.137. The number of unbranched alkanes of at least 4 members (excludes halogenated alkanes) is 2. The lowest BCUT2D eigenvalue weighted by atomic mass is 9.78. The summed E-state index contributed by atoms with van der Waals surface area (Å²) in [5.41, 5.74) is 0.636. The van der Waals surface area contributed by atoms with E-state index < -0.39 is 11.4 Å². The minimum atomic E-state index is -0.761. The monoisotopic (exact) mass is 333 g/mol. The summed E-state index contributed by atoms with van der Waals surface area (Å²) in [5.74, 6) is 0.137. The molecule has 1 aromatic carbocycles. The normalized spacial score (nSPS) is 15.9. The van der Waals surface area contributed by atoms with E-state index in [1.807, 2.05) is 24.3 Å². The molecule has 132 valence electrons. The summed E-state index contributed by atoms with van der Waals surface area (Å²) in [4.78, 5) is 23.3. The second-order valence-electron chi connectivity index (χ2n) is 6.48. The fourth-order valence-corrected chi connectivity index (χ4v) is 3.48. The molecule has 0 bridgehead atoms. The summed E-state index contributed by atoms with van der Waals surface area (Å²) in [6, 6.07) is 7.82. The molecule has 0 saturated heterocycles. The molecular weight excluding hydrogens is 306 g/mol. The highest BCUT2D eigenvalue weighted by molar-refractivity contribution is 5.88. The largest absolute Gasteiger partial charge is 0.497 e. The van der Waals surface area contributed by atoms with Crippen LogP contribution in [0.5, 0.6) is 5.75 Å². The van der Waals surface area contributed by atoms with Crippen LogP contribution in [0.1, 0.15) is 56.9 Å². The van der Waals surface area contributed by atoms with Crippen LogP contribution in [-0.2, 0) is 15.0 Å². The van der Waals surface area contributed by atoms with Gasteiger partial charge in [-0.25, -0.2) is 0 Å². The van der Waals surface area contributed by atoms with Crippen LogP contribution in [0.3, 0.4) is 0 Å². The molecule has 2 N–H and O–H groups in total. The quantitative estimate of drug-likeness (QED) is 0.680. The zero-order chi connectivity index (χ0) is 17.4. The average Bonchev–Trinajstić information content (AvgIpc) is 3.08. The van der Waals surface area contributed by atoms with Gasteiger partial charge >= 0.3 is 5.97 Å². The van der Waals surface area contributed by atoms with Gasteiger partial charge < -0.3 is 15.2 Å². The van der Waals surface area contributed by atoms with E-state index in [1.165, 1.54) is 0 Å². The van der Waals surface area contributed by atoms with Crippen molar-refractivity contribution >= 4 is 11.9 Å². The first-order chi connectivity index (χ1) is 11.6. The number of amides is 1. The molecule has 1 fully saturated rings. The summed E-state index contributed by atoms with van der Waals surface area (Å²) >= 11 is 0. The number of aliphatic carboxylic acids is 1. The first-order valence-electron chi connectivity index (χ1n) is 8.73. The number of rotatable bonds is 9. The van der Waals surface area contributed by atoms with E-state index in [0.29, 0.717) is 13.0 Å². The molecule has 0 atom stereocenters. The zero-order valence-corrected chi connectivity index (χ0v) is 14.3. The van der Waals surface area contributed by atoms with Crippen molar-refractivity contribution in [1.82, 2.24) is 5.32 Å². The highest BCUT2D eigenvalue weighted by Crippen LogP contribution is 2.41. The number of carboxylic acid groups (broad SMARTS) is 1. The van der Waals surface area contributed by atoms with E-state index in [9.17, 15) is 9.59 Å². The Morgan fingerprint density at radius 2 is 1.79 bits per heavy atom. The van der Waals surface area contributed by atoms with E-state index in [-0.39, 0.29) is 12.3 Å². The number of hydrogen-bond donors (Lipinski definition) is 2. The Morgan fingerprint density at radius 3 is 2.38 bits per heavy atom. The van der Waals surface area contributed by atoms with Gasteiger partial charge in [0.25, 0.3) is 0 Å². The molecule has 2 rings (SSSR count). The molecule has 1 amide bonds. The molecule has 0 aromatic heterocycles. The van der Waals surface area contributed by atoms with Crippen molar-refractivity contribution in [2.24, 2.45) is 0 Å². The van der Waals surface area contributed by atoms with Crippen LogP contribution in [0.15, 0.2) is 24.3 Å². The van der Waals surface area contributed by atoms with Crippen molar-refractivity contribution in [2.45, 2.75) is 56.8 Å². The maximum Gasteiger partial charge on any atom is 0.303 e. The van der Waals surface area contributed by atoms with Gasteiger partial charge in [0.15, 0.2) is 0 Å². The van der Waals surface area contributed by atoms with E-state index in [2.05, 4.69) is 5.32 Å². The molecule has 24 heavy (non-hydrogen) atoms. The average molecular weight is 333 g/mol. The van der Waals surface area contributed by atoms with Gasteiger partial charge in [0.05, 0.1) is 12.5 Å². The maximum atomic E-state index is 12.8. The molecule has 0 radical (unpaired) electrons. The van der Waals surface area contributed by atoms with Crippen molar-refractivity contribution < 1.29 is 19.4 Å². The van der Waals surface area contributed by atoms with Gasteiger partial charge in [-0.1, -0.05) is 31.4 Å². The number of carbonyl (C=O) groups is 2. The smallest absolute Gasteiger partial charge is 0.303 e. The lowest BCUT2D eigenvalue weighted by Crippen LogP contribution is -2.43. The topological polar surface area (TPSA) is 75.6 Å². The Bertz CT molecular complexity index is 547. The molecule has 5 heteroatoms. The molecule has 0 aliphatic heterocycles. The fraction of sp³-hybridized carbons (Fsp3) is 0.579. The third-order valence-electron chi connectivity index (χ3n) is 4.89. The molecule has 1 aromatic rings. The van der Waals surface area contributed by atoms with E-state index in [0.717, 1.165) is 49.8 Å². The molecular formula is C19H27NO4. The fourth-order valence-electron chi connectivity index (χ4n) is 3.48. The van der Waals surface area contributed by atoms with Crippen molar-refractivity contribution in [3.63, 3.8) is 0 Å². The minimum Gasteiger partial charge on any atom is -0.497 e. The van der Waals surface area contributed by atoms with Crippen LogP contribution in [0.2, 0.25) is 0 Å². The van der Waals surface area contributed by atoms with E-state index in [1.54, 1.807) is 7.11 Å². The standard InChI is InChI=1S/C19H27NO4/c1-24-16-10-8-15(9-11-16)19(12-4-5-13-19)18(23)20-14-6-2-3-7-17(21)22/h8-11H,2-7,12-14H2,1H3,(H,20,23)(H,21,22). The summed E-state index contributed by atoms with van der Waals surface area (Å²) < 4.78 is 5.20. The molecule has 1 aliphatic carbocycles. The Kier molecular flexibility index (Phi) is 6.64. The van der Waals surface area contributed by atoms with Crippen LogP contribution < -0.4 is 10.1 Å². The van der Waals surface area contributed by atoms with Crippen LogP contribution in [0.25, 0.3) is 0 Å². The Hall–Kier alpha value is -2.04. The molecule has 0 spiro atoms. The van der Waals surface area contributed by atoms with Crippen LogP contribution in [0, 0.1) is 0 Å². The predicted molar refractivity (Wildman–Crippen MR) is 92.3 cm³/mol. The third-order valence-corrected chi connectivity index (χ3v) is 4.89. The Labute approximate surface area is 143 Å². The number of benzene rings is 1. The van der Waals surface area contributed by atoms with Crippen molar-refractivity contribution in [3.05, 3.63) is 29.8 Å². The highest BCUT2D eigenvalue weighted by atomic mass is 16.5. The van der Waals surface area contributed by atoms with Crippen LogP contribution >= 0.6 is 0 Å². The Morgan fingerprint density at radius 1 is 1.12 bits per heavy atom. The van der Waals surface area contributed by atoms with Crippen molar-refractivity contribution in [3.8, 4) is 5.75 Å². The van der Waals surface area contributed by atoms with Gasteiger partial charge in [-0.05, 0) is 43.4 Å². The van der Waals surface area contributed by atoms with Crippen LogP contribution in [-0.4, -0.2) is 30.6 Å². The first-order valence-corrected chi connectivity index (χ1v) is 8.73. The summed E-state index contributed by atoms with van der Waals surface area (Å²) in [5, 5.41) is 11.7. The van der Waals surface area contributed by atoms with Crippen LogP contribution in [0.4, 0.5) is 0 Å². The van der Waals surface area contributed by atoms with E-state index >= 15 is 0 Å². The number of carboxylic acids is 1. The SMILES string of the molecule is COc1ccc(C2(C(=O)NCCCCCC(=O)O)CCCC2)cc1. The van der Waals surface area contributed by atoms with Gasteiger partial charge in [-0.15, -0.1) is 0 Å². The third kappa shape index (κ3) is 4.49. The number of carbonyl (C=O) groups excluding carboxylic acids is 1. The summed E-state index contributed by atoms with van der Waals surface area (Å²) in [6.45, 7) is 0.607.